The minimum Gasteiger partial charge on any atom is -0.387 e. The molecule has 2 rings (SSSR count). The first-order valence-corrected chi connectivity index (χ1v) is 7.09. The van der Waals surface area contributed by atoms with Crippen LogP contribution in [0.3, 0.4) is 0 Å². The number of hydrogen-bond donors (Lipinski definition) is 2. The predicted molar refractivity (Wildman–Crippen MR) is 83.2 cm³/mol. The molecule has 0 aliphatic rings. The smallest absolute Gasteiger partial charge is 0.271 e. The van der Waals surface area contributed by atoms with Gasteiger partial charge in [0.2, 0.25) is 0 Å². The SMILES string of the molecule is Cn1nc(C(=O)NCC(O)c2ccc(Cl)cc2Cl)ccc1=O. The van der Waals surface area contributed by atoms with Gasteiger partial charge < -0.3 is 10.4 Å². The van der Waals surface area contributed by atoms with Crippen molar-refractivity contribution < 1.29 is 9.90 Å². The van der Waals surface area contributed by atoms with Crippen molar-refractivity contribution in [2.45, 2.75) is 6.10 Å². The topological polar surface area (TPSA) is 84.2 Å². The number of nitrogens with one attached hydrogen (secondary N) is 1. The molecule has 2 N–H and O–H groups in total. The van der Waals surface area contributed by atoms with Crippen LogP contribution >= 0.6 is 23.2 Å². The van der Waals surface area contributed by atoms with Gasteiger partial charge in [0.05, 0.1) is 6.10 Å². The quantitative estimate of drug-likeness (QED) is 0.883. The summed E-state index contributed by atoms with van der Waals surface area (Å²) in [5, 5.41) is 17.2. The highest BCUT2D eigenvalue weighted by Crippen LogP contribution is 2.25. The Morgan fingerprint density at radius 2 is 2.09 bits per heavy atom. The number of hydrogen-bond acceptors (Lipinski definition) is 4. The number of aryl methyl sites for hydroxylation is 1. The molecule has 1 heterocycles. The van der Waals surface area contributed by atoms with Gasteiger partial charge in [0, 0.05) is 35.3 Å². The molecule has 1 amide bonds. The predicted octanol–water partition coefficient (Wildman–Crippen LogP) is 1.55. The Hall–Kier alpha value is -1.89. The van der Waals surface area contributed by atoms with Gasteiger partial charge in [0.25, 0.3) is 11.5 Å². The van der Waals surface area contributed by atoms with Crippen LogP contribution < -0.4 is 10.9 Å². The second kappa shape index (κ2) is 6.91. The van der Waals surface area contributed by atoms with Crippen LogP contribution in [-0.2, 0) is 7.05 Å². The number of benzene rings is 1. The van der Waals surface area contributed by atoms with E-state index in [1.807, 2.05) is 0 Å². The second-order valence-electron chi connectivity index (χ2n) is 4.57. The van der Waals surface area contributed by atoms with Crippen molar-refractivity contribution in [1.29, 1.82) is 0 Å². The molecule has 1 aromatic carbocycles. The van der Waals surface area contributed by atoms with Gasteiger partial charge in [-0.3, -0.25) is 9.59 Å². The summed E-state index contributed by atoms with van der Waals surface area (Å²) in [7, 11) is 1.45. The maximum absolute atomic E-state index is 11.9. The van der Waals surface area contributed by atoms with Gasteiger partial charge in [0.15, 0.2) is 0 Å². The highest BCUT2D eigenvalue weighted by Gasteiger charge is 2.15. The minimum atomic E-state index is -0.985. The summed E-state index contributed by atoms with van der Waals surface area (Å²) in [6.07, 6.45) is -0.985. The molecule has 0 aliphatic carbocycles. The van der Waals surface area contributed by atoms with E-state index in [0.717, 1.165) is 4.68 Å². The number of aliphatic hydroxyl groups excluding tert-OH is 1. The Balaban J connectivity index is 2.03. The van der Waals surface area contributed by atoms with Gasteiger partial charge in [-0.1, -0.05) is 29.3 Å². The van der Waals surface area contributed by atoms with Gasteiger partial charge in [0.1, 0.15) is 5.69 Å². The van der Waals surface area contributed by atoms with Crippen LogP contribution in [0.15, 0.2) is 35.1 Å². The average Bonchev–Trinajstić information content (AvgIpc) is 2.47. The lowest BCUT2D eigenvalue weighted by molar-refractivity contribution is 0.0909. The number of aliphatic hydroxyl groups is 1. The van der Waals surface area contributed by atoms with Crippen molar-refractivity contribution in [3.8, 4) is 0 Å². The molecular formula is C14H13Cl2N3O3. The van der Waals surface area contributed by atoms with Crippen molar-refractivity contribution in [1.82, 2.24) is 15.1 Å². The van der Waals surface area contributed by atoms with Crippen LogP contribution in [0, 0.1) is 0 Å². The molecule has 0 spiro atoms. The maximum Gasteiger partial charge on any atom is 0.271 e. The van der Waals surface area contributed by atoms with Gasteiger partial charge >= 0.3 is 0 Å². The van der Waals surface area contributed by atoms with Crippen LogP contribution in [0.25, 0.3) is 0 Å². The van der Waals surface area contributed by atoms with Crippen LogP contribution in [0.5, 0.6) is 0 Å². The Bertz CT molecular complexity index is 761. The standard InChI is InChI=1S/C14H13Cl2N3O3/c1-19-13(21)5-4-11(18-19)14(22)17-7-12(20)9-3-2-8(15)6-10(9)16/h2-6,12,20H,7H2,1H3,(H,17,22). The van der Waals surface area contributed by atoms with Crippen molar-refractivity contribution in [2.75, 3.05) is 6.54 Å². The van der Waals surface area contributed by atoms with Crippen molar-refractivity contribution in [3.63, 3.8) is 0 Å². The van der Waals surface area contributed by atoms with Crippen LogP contribution in [-0.4, -0.2) is 27.3 Å². The molecule has 0 fully saturated rings. The number of nitrogens with zero attached hydrogens (tertiary/aromatic N) is 2. The molecule has 1 atom stereocenters. The highest BCUT2D eigenvalue weighted by atomic mass is 35.5. The number of amides is 1. The zero-order chi connectivity index (χ0) is 16.3. The number of carbonyl (C=O) groups excluding carboxylic acids is 1. The Morgan fingerprint density at radius 1 is 1.36 bits per heavy atom. The summed E-state index contributed by atoms with van der Waals surface area (Å²) < 4.78 is 1.06. The van der Waals surface area contributed by atoms with E-state index in [4.69, 9.17) is 23.2 Å². The van der Waals surface area contributed by atoms with E-state index in [9.17, 15) is 14.7 Å². The Kier molecular flexibility index (Phi) is 5.18. The molecule has 0 aliphatic heterocycles. The lowest BCUT2D eigenvalue weighted by atomic mass is 10.1. The third-order valence-electron chi connectivity index (χ3n) is 2.97. The molecule has 0 saturated heterocycles. The first-order valence-electron chi connectivity index (χ1n) is 6.34. The fraction of sp³-hybridized carbons (Fsp3) is 0.214. The third-order valence-corrected chi connectivity index (χ3v) is 3.53. The van der Waals surface area contributed by atoms with Gasteiger partial charge in [-0.15, -0.1) is 0 Å². The minimum absolute atomic E-state index is 0.0509. The molecule has 0 saturated carbocycles. The molecule has 1 unspecified atom stereocenters. The molecule has 116 valence electrons. The van der Waals surface area contributed by atoms with E-state index in [0.29, 0.717) is 15.6 Å². The molecule has 6 nitrogen and oxygen atoms in total. The summed E-state index contributed by atoms with van der Waals surface area (Å²) in [5.74, 6) is -0.500. The molecular weight excluding hydrogens is 329 g/mol. The first kappa shape index (κ1) is 16.5. The van der Waals surface area contributed by atoms with Crippen molar-refractivity contribution in [2.24, 2.45) is 7.05 Å². The summed E-state index contributed by atoms with van der Waals surface area (Å²) in [4.78, 5) is 23.1. The lowest BCUT2D eigenvalue weighted by Gasteiger charge is -2.14. The van der Waals surface area contributed by atoms with E-state index in [2.05, 4.69) is 10.4 Å². The first-order chi connectivity index (χ1) is 10.4. The molecule has 8 heteroatoms. The number of halogens is 2. The normalized spacial score (nSPS) is 12.0. The van der Waals surface area contributed by atoms with Crippen LogP contribution in [0.1, 0.15) is 22.2 Å². The van der Waals surface area contributed by atoms with E-state index >= 15 is 0 Å². The zero-order valence-electron chi connectivity index (χ0n) is 11.6. The number of carbonyl (C=O) groups is 1. The Morgan fingerprint density at radius 3 is 2.73 bits per heavy atom. The summed E-state index contributed by atoms with van der Waals surface area (Å²) in [6.45, 7) is -0.0509. The number of rotatable bonds is 4. The van der Waals surface area contributed by atoms with Crippen molar-refractivity contribution >= 4 is 29.1 Å². The molecule has 2 aromatic rings. The highest BCUT2D eigenvalue weighted by molar-refractivity contribution is 6.35. The van der Waals surface area contributed by atoms with Gasteiger partial charge in [-0.2, -0.15) is 5.10 Å². The molecule has 0 bridgehead atoms. The summed E-state index contributed by atoms with van der Waals surface area (Å²) in [6, 6.07) is 7.26. The number of aromatic nitrogens is 2. The van der Waals surface area contributed by atoms with E-state index in [1.165, 1.54) is 25.2 Å². The van der Waals surface area contributed by atoms with Crippen LogP contribution in [0.2, 0.25) is 10.0 Å². The fourth-order valence-corrected chi connectivity index (χ4v) is 2.32. The lowest BCUT2D eigenvalue weighted by Crippen LogP contribution is -2.31. The fourth-order valence-electron chi connectivity index (χ4n) is 1.79. The molecule has 1 aromatic heterocycles. The largest absolute Gasteiger partial charge is 0.387 e. The summed E-state index contributed by atoms with van der Waals surface area (Å²) >= 11 is 11.8. The average molecular weight is 342 g/mol. The van der Waals surface area contributed by atoms with E-state index < -0.39 is 12.0 Å². The summed E-state index contributed by atoms with van der Waals surface area (Å²) in [5.41, 5.74) is 0.223. The van der Waals surface area contributed by atoms with E-state index in [-0.39, 0.29) is 17.8 Å². The van der Waals surface area contributed by atoms with Crippen LogP contribution in [0.4, 0.5) is 0 Å². The molecule has 22 heavy (non-hydrogen) atoms. The van der Waals surface area contributed by atoms with Gasteiger partial charge in [-0.25, -0.2) is 4.68 Å². The van der Waals surface area contributed by atoms with E-state index in [1.54, 1.807) is 12.1 Å². The zero-order valence-corrected chi connectivity index (χ0v) is 13.1. The van der Waals surface area contributed by atoms with Crippen molar-refractivity contribution in [3.05, 3.63) is 62.0 Å². The maximum atomic E-state index is 11.9. The Labute approximate surface area is 136 Å². The third kappa shape index (κ3) is 3.85. The molecule has 0 radical (unpaired) electrons. The van der Waals surface area contributed by atoms with Gasteiger partial charge in [-0.05, 0) is 18.2 Å². The monoisotopic (exact) mass is 341 g/mol. The second-order valence-corrected chi connectivity index (χ2v) is 5.42.